The molecule has 1 unspecified atom stereocenters. The minimum atomic E-state index is -0.188. The second-order valence-electron chi connectivity index (χ2n) is 10.8. The molecule has 202 valence electrons. The fourth-order valence-electron chi connectivity index (χ4n) is 6.23. The molecule has 0 radical (unpaired) electrons. The number of hydrogen-bond donors (Lipinski definition) is 1. The first-order chi connectivity index (χ1) is 17.6. The van der Waals surface area contributed by atoms with Crippen molar-refractivity contribution in [3.8, 4) is 5.75 Å². The fourth-order valence-corrected chi connectivity index (χ4v) is 7.04. The Bertz CT molecular complexity index is 1020. The first kappa shape index (κ1) is 27.9. The van der Waals surface area contributed by atoms with Crippen molar-refractivity contribution >= 4 is 35.6 Å². The number of nitrogens with zero attached hydrogens (tertiary/aromatic N) is 2. The highest BCUT2D eigenvalue weighted by molar-refractivity contribution is 7.10. The van der Waals surface area contributed by atoms with Crippen LogP contribution in [-0.2, 0) is 16.1 Å². The van der Waals surface area contributed by atoms with Crippen LogP contribution in [0.25, 0.3) is 0 Å². The summed E-state index contributed by atoms with van der Waals surface area (Å²) in [4.78, 5) is 32.0. The normalized spacial score (nSPS) is 20.7. The molecule has 3 heterocycles. The molecule has 1 aliphatic carbocycles. The number of nitrogens with one attached hydrogen (secondary N) is 1. The molecule has 1 aromatic carbocycles. The molecule has 1 saturated carbocycles. The quantitative estimate of drug-likeness (QED) is 0.456. The zero-order chi connectivity index (χ0) is 25.0. The molecule has 0 bridgehead atoms. The molecule has 3 aliphatic rings. The van der Waals surface area contributed by atoms with Gasteiger partial charge in [-0.15, -0.1) is 23.7 Å². The third kappa shape index (κ3) is 6.50. The smallest absolute Gasteiger partial charge is 0.229 e. The Morgan fingerprint density at radius 3 is 2.46 bits per heavy atom. The van der Waals surface area contributed by atoms with Crippen LogP contribution in [0.2, 0.25) is 0 Å². The second kappa shape index (κ2) is 12.6. The Kier molecular flexibility index (Phi) is 9.54. The van der Waals surface area contributed by atoms with Crippen LogP contribution >= 0.6 is 23.7 Å². The van der Waals surface area contributed by atoms with E-state index >= 15 is 0 Å². The molecule has 6 nitrogen and oxygen atoms in total. The Morgan fingerprint density at radius 1 is 1.11 bits per heavy atom. The Balaban J connectivity index is 0.00000320. The molecule has 1 atom stereocenters. The van der Waals surface area contributed by atoms with Crippen molar-refractivity contribution in [1.29, 1.82) is 0 Å². The molecule has 2 saturated heterocycles. The van der Waals surface area contributed by atoms with Gasteiger partial charge in [-0.2, -0.15) is 0 Å². The lowest BCUT2D eigenvalue weighted by Crippen LogP contribution is -2.45. The van der Waals surface area contributed by atoms with Crippen molar-refractivity contribution < 1.29 is 14.3 Å². The number of halogens is 1. The van der Waals surface area contributed by atoms with Gasteiger partial charge in [-0.3, -0.25) is 9.59 Å². The van der Waals surface area contributed by atoms with E-state index in [1.165, 1.54) is 17.7 Å². The van der Waals surface area contributed by atoms with Crippen LogP contribution in [0.5, 0.6) is 5.75 Å². The molecule has 1 N–H and O–H groups in total. The van der Waals surface area contributed by atoms with E-state index in [1.54, 1.807) is 18.4 Å². The van der Waals surface area contributed by atoms with Gasteiger partial charge < -0.3 is 19.9 Å². The summed E-state index contributed by atoms with van der Waals surface area (Å²) in [6.45, 7) is 4.38. The van der Waals surface area contributed by atoms with Crippen LogP contribution in [0.15, 0.2) is 41.8 Å². The van der Waals surface area contributed by atoms with E-state index in [-0.39, 0.29) is 35.7 Å². The highest BCUT2D eigenvalue weighted by atomic mass is 35.5. The number of rotatable bonds is 9. The number of thiophene rings is 1. The average Bonchev–Trinajstić information content (AvgIpc) is 3.68. The Labute approximate surface area is 231 Å². The second-order valence-corrected chi connectivity index (χ2v) is 11.8. The van der Waals surface area contributed by atoms with Gasteiger partial charge in [0.05, 0.1) is 18.6 Å². The van der Waals surface area contributed by atoms with E-state index in [1.807, 2.05) is 17.0 Å². The molecule has 1 aromatic heterocycles. The molecular weight excluding hydrogens is 506 g/mol. The van der Waals surface area contributed by atoms with Gasteiger partial charge in [0.1, 0.15) is 5.75 Å². The molecule has 1 spiro atoms. The first-order valence-corrected chi connectivity index (χ1v) is 14.4. The number of piperidine rings is 1. The standard InChI is InChI=1S/C29H39N3O3S.ClH/c1-35-24-10-8-22(9-11-24)21-32-19-15-29(28(32)34)13-17-31(18-14-29)16-12-25(26-7-4-20-36-26)30-27(33)23-5-2-3-6-23;/h4,7-11,20,23,25H,2-3,5-6,12-19,21H2,1H3,(H,30,33);1H. The number of methoxy groups -OCH3 is 1. The SMILES string of the molecule is COc1ccc(CN2CCC3(CCN(CCC(NC(=O)C4CCCC4)c4cccs4)CC3)C2=O)cc1.Cl. The van der Waals surface area contributed by atoms with Gasteiger partial charge in [0.25, 0.3) is 0 Å². The maximum absolute atomic E-state index is 13.4. The predicted molar refractivity (Wildman–Crippen MR) is 150 cm³/mol. The molecular formula is C29H40ClN3O3S. The van der Waals surface area contributed by atoms with Gasteiger partial charge in [0.15, 0.2) is 0 Å². The van der Waals surface area contributed by atoms with Gasteiger partial charge in [-0.25, -0.2) is 0 Å². The first-order valence-electron chi connectivity index (χ1n) is 13.5. The Hall–Kier alpha value is -2.09. The van der Waals surface area contributed by atoms with Gasteiger partial charge in [-0.1, -0.05) is 31.0 Å². The molecule has 8 heteroatoms. The van der Waals surface area contributed by atoms with Gasteiger partial charge in [-0.05, 0) is 80.8 Å². The molecule has 2 aromatic rings. The number of carbonyl (C=O) groups is 2. The third-order valence-corrected chi connectivity index (χ3v) is 9.60. The summed E-state index contributed by atoms with van der Waals surface area (Å²) < 4.78 is 5.25. The van der Waals surface area contributed by atoms with Gasteiger partial charge >= 0.3 is 0 Å². The maximum atomic E-state index is 13.4. The number of carbonyl (C=O) groups excluding carboxylic acids is 2. The predicted octanol–water partition coefficient (Wildman–Crippen LogP) is 5.43. The van der Waals surface area contributed by atoms with Crippen LogP contribution in [-0.4, -0.2) is 54.9 Å². The van der Waals surface area contributed by atoms with Crippen molar-refractivity contribution in [3.05, 3.63) is 52.2 Å². The van der Waals surface area contributed by atoms with E-state index in [0.717, 1.165) is 76.0 Å². The Morgan fingerprint density at radius 2 is 1.81 bits per heavy atom. The van der Waals surface area contributed by atoms with Crippen LogP contribution in [0.3, 0.4) is 0 Å². The lowest BCUT2D eigenvalue weighted by molar-refractivity contribution is -0.139. The summed E-state index contributed by atoms with van der Waals surface area (Å²) in [5.74, 6) is 1.60. The summed E-state index contributed by atoms with van der Waals surface area (Å²) in [6, 6.07) is 12.3. The van der Waals surface area contributed by atoms with E-state index in [2.05, 4.69) is 39.9 Å². The van der Waals surface area contributed by atoms with Crippen LogP contribution < -0.4 is 10.1 Å². The monoisotopic (exact) mass is 545 g/mol. The summed E-state index contributed by atoms with van der Waals surface area (Å²) in [5, 5.41) is 5.46. The van der Waals surface area contributed by atoms with E-state index in [0.29, 0.717) is 12.5 Å². The third-order valence-electron chi connectivity index (χ3n) is 8.61. The topological polar surface area (TPSA) is 61.9 Å². The van der Waals surface area contributed by atoms with Crippen LogP contribution in [0.1, 0.15) is 67.8 Å². The van der Waals surface area contributed by atoms with Crippen molar-refractivity contribution in [2.75, 3.05) is 33.3 Å². The van der Waals surface area contributed by atoms with Crippen molar-refractivity contribution in [2.24, 2.45) is 11.3 Å². The molecule has 2 aliphatic heterocycles. The van der Waals surface area contributed by atoms with Gasteiger partial charge in [0.2, 0.25) is 11.8 Å². The minimum absolute atomic E-state index is 0. The van der Waals surface area contributed by atoms with E-state index < -0.39 is 0 Å². The van der Waals surface area contributed by atoms with Crippen molar-refractivity contribution in [1.82, 2.24) is 15.1 Å². The average molecular weight is 546 g/mol. The number of likely N-dealkylation sites (tertiary alicyclic amines) is 2. The van der Waals surface area contributed by atoms with Crippen LogP contribution in [0, 0.1) is 11.3 Å². The maximum Gasteiger partial charge on any atom is 0.229 e. The van der Waals surface area contributed by atoms with E-state index in [9.17, 15) is 9.59 Å². The zero-order valence-electron chi connectivity index (χ0n) is 21.8. The summed E-state index contributed by atoms with van der Waals surface area (Å²) in [6.07, 6.45) is 8.16. The number of amides is 2. The molecule has 5 rings (SSSR count). The zero-order valence-corrected chi connectivity index (χ0v) is 23.5. The largest absolute Gasteiger partial charge is 0.497 e. The number of hydrogen-bond acceptors (Lipinski definition) is 5. The summed E-state index contributed by atoms with van der Waals surface area (Å²) in [5.41, 5.74) is 0.963. The summed E-state index contributed by atoms with van der Waals surface area (Å²) in [7, 11) is 1.67. The lowest BCUT2D eigenvalue weighted by Gasteiger charge is -2.38. The molecule has 2 amide bonds. The van der Waals surface area contributed by atoms with E-state index in [4.69, 9.17) is 4.74 Å². The molecule has 37 heavy (non-hydrogen) atoms. The van der Waals surface area contributed by atoms with Crippen molar-refractivity contribution in [3.63, 3.8) is 0 Å². The summed E-state index contributed by atoms with van der Waals surface area (Å²) >= 11 is 1.73. The highest BCUT2D eigenvalue weighted by Gasteiger charge is 2.47. The van der Waals surface area contributed by atoms with Crippen molar-refractivity contribution in [2.45, 2.75) is 64.0 Å². The number of ether oxygens (including phenoxy) is 1. The highest BCUT2D eigenvalue weighted by Crippen LogP contribution is 2.42. The minimum Gasteiger partial charge on any atom is -0.497 e. The lowest BCUT2D eigenvalue weighted by atomic mass is 9.77. The molecule has 3 fully saturated rings. The fraction of sp³-hybridized carbons (Fsp3) is 0.586. The number of benzene rings is 1. The van der Waals surface area contributed by atoms with Crippen LogP contribution in [0.4, 0.5) is 0 Å². The van der Waals surface area contributed by atoms with Gasteiger partial charge in [0, 0.05) is 30.4 Å².